The number of hydrogen-bond donors (Lipinski definition) is 0. The van der Waals surface area contributed by atoms with Crippen LogP contribution in [0.25, 0.3) is 11.3 Å². The molecule has 1 heteroatoms. The molecule has 5 rings (SSSR count). The molecular formula is C36H38Si. The Labute approximate surface area is 224 Å². The van der Waals surface area contributed by atoms with Gasteiger partial charge in [-0.05, 0) is 71.1 Å². The molecule has 0 amide bonds. The first-order valence-corrected chi connectivity index (χ1v) is 15.8. The van der Waals surface area contributed by atoms with E-state index >= 15 is 0 Å². The Kier molecular flexibility index (Phi) is 7.44. The Morgan fingerprint density at radius 3 is 1.95 bits per heavy atom. The van der Waals surface area contributed by atoms with Crippen molar-refractivity contribution in [2.75, 3.05) is 0 Å². The van der Waals surface area contributed by atoms with E-state index in [2.05, 4.69) is 137 Å². The van der Waals surface area contributed by atoms with E-state index in [1.54, 1.807) is 5.19 Å². The largest absolute Gasteiger partial charge is 0.180 e. The van der Waals surface area contributed by atoms with Crippen molar-refractivity contribution in [2.24, 2.45) is 0 Å². The van der Waals surface area contributed by atoms with Crippen molar-refractivity contribution in [1.82, 2.24) is 0 Å². The summed E-state index contributed by atoms with van der Waals surface area (Å²) in [6.45, 7) is 9.13. The molecule has 37 heavy (non-hydrogen) atoms. The number of allylic oxidation sites excluding steroid dienone is 2. The SMILES string of the molecule is CCCCCc1ccc(C2=C/C(=C\c3ccccc3)[Si]2(c2ccccc2)c2c(C)cc(C)cc2C)cc1. The molecule has 1 aliphatic rings. The van der Waals surface area contributed by atoms with Crippen molar-refractivity contribution in [3.63, 3.8) is 0 Å². The van der Waals surface area contributed by atoms with Gasteiger partial charge in [0.2, 0.25) is 0 Å². The average molecular weight is 499 g/mol. The molecule has 1 atom stereocenters. The summed E-state index contributed by atoms with van der Waals surface area (Å²) in [6, 6.07) is 36.4. The maximum atomic E-state index is 2.48. The summed E-state index contributed by atoms with van der Waals surface area (Å²) in [7, 11) is -2.42. The Balaban J connectivity index is 1.73. The van der Waals surface area contributed by atoms with E-state index in [-0.39, 0.29) is 0 Å². The van der Waals surface area contributed by atoms with E-state index < -0.39 is 8.07 Å². The number of rotatable bonds is 8. The summed E-state index contributed by atoms with van der Waals surface area (Å²) in [5, 5.41) is 6.03. The summed E-state index contributed by atoms with van der Waals surface area (Å²) >= 11 is 0. The minimum Gasteiger partial charge on any atom is -0.0654 e. The second-order valence-electron chi connectivity index (χ2n) is 10.6. The van der Waals surface area contributed by atoms with E-state index in [0.29, 0.717) is 0 Å². The first-order valence-electron chi connectivity index (χ1n) is 13.8. The van der Waals surface area contributed by atoms with Gasteiger partial charge in [0.05, 0.1) is 0 Å². The molecule has 0 aromatic heterocycles. The topological polar surface area (TPSA) is 0 Å². The lowest BCUT2D eigenvalue weighted by Gasteiger charge is -2.46. The van der Waals surface area contributed by atoms with E-state index in [9.17, 15) is 0 Å². The van der Waals surface area contributed by atoms with Crippen molar-refractivity contribution in [2.45, 2.75) is 53.4 Å². The molecule has 4 aromatic rings. The first-order chi connectivity index (χ1) is 18.0. The molecule has 0 aliphatic carbocycles. The first kappa shape index (κ1) is 25.2. The molecule has 1 heterocycles. The highest BCUT2D eigenvalue weighted by Crippen LogP contribution is 2.43. The van der Waals surface area contributed by atoms with Gasteiger partial charge in [-0.15, -0.1) is 0 Å². The van der Waals surface area contributed by atoms with Crippen molar-refractivity contribution in [3.05, 3.63) is 142 Å². The molecule has 0 N–H and O–H groups in total. The predicted octanol–water partition coefficient (Wildman–Crippen LogP) is 8.17. The summed E-state index contributed by atoms with van der Waals surface area (Å²) in [5.41, 5.74) is 8.26. The number of aryl methyl sites for hydroxylation is 4. The molecule has 0 spiro atoms. The second kappa shape index (κ2) is 10.9. The summed E-state index contributed by atoms with van der Waals surface area (Å²) < 4.78 is 0. The molecule has 0 radical (unpaired) electrons. The van der Waals surface area contributed by atoms with Gasteiger partial charge in [-0.2, -0.15) is 0 Å². The molecule has 1 aliphatic heterocycles. The minimum absolute atomic E-state index is 1.17. The molecule has 186 valence electrons. The zero-order valence-electron chi connectivity index (χ0n) is 22.7. The Hall–Kier alpha value is -3.42. The van der Waals surface area contributed by atoms with Gasteiger partial charge in [-0.25, -0.2) is 0 Å². The third-order valence-corrected chi connectivity index (χ3v) is 13.0. The van der Waals surface area contributed by atoms with Gasteiger partial charge in [0.1, 0.15) is 0 Å². The number of unbranched alkanes of at least 4 members (excludes halogenated alkanes) is 2. The molecule has 1 unspecified atom stereocenters. The quantitative estimate of drug-likeness (QED) is 0.170. The van der Waals surface area contributed by atoms with Gasteiger partial charge >= 0.3 is 0 Å². The third kappa shape index (κ3) is 4.81. The van der Waals surface area contributed by atoms with E-state index in [4.69, 9.17) is 0 Å². The highest BCUT2D eigenvalue weighted by molar-refractivity contribution is 7.23. The lowest BCUT2D eigenvalue weighted by atomic mass is 10.0. The van der Waals surface area contributed by atoms with Crippen LogP contribution in [0.2, 0.25) is 0 Å². The monoisotopic (exact) mass is 498 g/mol. The molecule has 0 nitrogen and oxygen atoms in total. The zero-order valence-corrected chi connectivity index (χ0v) is 23.7. The van der Waals surface area contributed by atoms with E-state index in [0.717, 1.165) is 0 Å². The van der Waals surface area contributed by atoms with Crippen LogP contribution in [-0.2, 0) is 6.42 Å². The predicted molar refractivity (Wildman–Crippen MR) is 164 cm³/mol. The Morgan fingerprint density at radius 1 is 0.703 bits per heavy atom. The maximum Gasteiger partial charge on any atom is 0.180 e. The number of hydrogen-bond acceptors (Lipinski definition) is 0. The van der Waals surface area contributed by atoms with Crippen molar-refractivity contribution < 1.29 is 0 Å². The van der Waals surface area contributed by atoms with Crippen LogP contribution in [0.4, 0.5) is 0 Å². The van der Waals surface area contributed by atoms with Crippen molar-refractivity contribution in [3.8, 4) is 0 Å². The Morgan fingerprint density at radius 2 is 1.32 bits per heavy atom. The Bertz CT molecular complexity index is 1400. The summed E-state index contributed by atoms with van der Waals surface area (Å²) in [5.74, 6) is 0. The van der Waals surface area contributed by atoms with E-state index in [1.807, 2.05) is 0 Å². The van der Waals surface area contributed by atoms with Gasteiger partial charge < -0.3 is 0 Å². The minimum atomic E-state index is -2.42. The van der Waals surface area contributed by atoms with Crippen LogP contribution in [0, 0.1) is 20.8 Å². The highest BCUT2D eigenvalue weighted by atomic mass is 28.3. The lowest BCUT2D eigenvalue weighted by Crippen LogP contribution is -2.66. The van der Waals surface area contributed by atoms with E-state index in [1.165, 1.54) is 74.6 Å². The third-order valence-electron chi connectivity index (χ3n) is 7.85. The normalized spacial score (nSPS) is 17.9. The fourth-order valence-electron chi connectivity index (χ4n) is 6.26. The molecule has 0 saturated heterocycles. The van der Waals surface area contributed by atoms with Crippen molar-refractivity contribution >= 4 is 29.7 Å². The second-order valence-corrected chi connectivity index (χ2v) is 14.3. The zero-order chi connectivity index (χ0) is 25.8. The smallest absolute Gasteiger partial charge is 0.0654 e. The van der Waals surface area contributed by atoms with Crippen LogP contribution in [0.3, 0.4) is 0 Å². The highest BCUT2D eigenvalue weighted by Gasteiger charge is 2.51. The van der Waals surface area contributed by atoms with Crippen LogP contribution in [0.1, 0.15) is 59.6 Å². The fourth-order valence-corrected chi connectivity index (χ4v) is 11.6. The molecule has 0 saturated carbocycles. The van der Waals surface area contributed by atoms with Crippen molar-refractivity contribution in [1.29, 1.82) is 0 Å². The number of benzene rings is 4. The van der Waals surface area contributed by atoms with Crippen LogP contribution < -0.4 is 10.4 Å². The van der Waals surface area contributed by atoms with Crippen LogP contribution in [-0.4, -0.2) is 8.07 Å². The molecule has 4 aromatic carbocycles. The van der Waals surface area contributed by atoms with Gasteiger partial charge in [0, 0.05) is 0 Å². The van der Waals surface area contributed by atoms with Gasteiger partial charge in [0.15, 0.2) is 8.07 Å². The molecule has 0 bridgehead atoms. The maximum absolute atomic E-state index is 2.48. The summed E-state index contributed by atoms with van der Waals surface area (Å²) in [6.07, 6.45) is 9.94. The lowest BCUT2D eigenvalue weighted by molar-refractivity contribution is 0.717. The van der Waals surface area contributed by atoms with Gasteiger partial charge in [-0.1, -0.05) is 146 Å². The van der Waals surface area contributed by atoms with Gasteiger partial charge in [-0.3, -0.25) is 0 Å². The van der Waals surface area contributed by atoms with Gasteiger partial charge in [0.25, 0.3) is 0 Å². The van der Waals surface area contributed by atoms with Crippen LogP contribution >= 0.6 is 0 Å². The average Bonchev–Trinajstić information content (AvgIpc) is 2.90. The fraction of sp³-hybridized carbons (Fsp3) is 0.222. The standard InChI is InChI=1S/C36H38Si/c1-5-6-9-14-30-19-21-32(22-20-30)35-26-34(25-31-15-10-7-11-16-31)37(35,33-17-12-8-13-18-33)36-28(3)23-27(2)24-29(36)4/h7-8,10-13,15-26H,5-6,9,14H2,1-4H3/b34-25+. The van der Waals surface area contributed by atoms with Crippen LogP contribution in [0.5, 0.6) is 0 Å². The summed E-state index contributed by atoms with van der Waals surface area (Å²) in [4.78, 5) is 0. The molecular weight excluding hydrogens is 460 g/mol. The van der Waals surface area contributed by atoms with Crippen LogP contribution in [0.15, 0.2) is 108 Å². The molecule has 0 fully saturated rings.